The zero-order chi connectivity index (χ0) is 20.8. The molecule has 1 fully saturated rings. The average molecular weight is 397 g/mol. The van der Waals surface area contributed by atoms with Gasteiger partial charge < -0.3 is 22.1 Å². The number of amides is 2. The van der Waals surface area contributed by atoms with Crippen LogP contribution in [0.25, 0.3) is 0 Å². The van der Waals surface area contributed by atoms with Crippen LogP contribution in [0.1, 0.15) is 39.3 Å². The molecule has 0 radical (unpaired) electrons. The number of benzene rings is 1. The Hall–Kier alpha value is -3.82. The minimum Gasteiger partial charge on any atom is -0.403 e. The van der Waals surface area contributed by atoms with E-state index in [1.54, 1.807) is 6.07 Å². The highest BCUT2D eigenvalue weighted by Crippen LogP contribution is 2.21. The molecule has 2 aromatic rings. The third-order valence-electron chi connectivity index (χ3n) is 4.11. The molecule has 9 nitrogen and oxygen atoms in total. The van der Waals surface area contributed by atoms with Crippen molar-refractivity contribution in [2.75, 3.05) is 5.73 Å². The van der Waals surface area contributed by atoms with Gasteiger partial charge in [-0.1, -0.05) is 12.1 Å². The second kappa shape index (κ2) is 8.91. The van der Waals surface area contributed by atoms with Crippen molar-refractivity contribution in [3.63, 3.8) is 0 Å². The number of hydrogen-bond donors (Lipinski definition) is 4. The third kappa shape index (κ3) is 5.12. The number of aliphatic imine (C=N–C) groups is 1. The fourth-order valence-corrected chi connectivity index (χ4v) is 2.44. The van der Waals surface area contributed by atoms with Crippen molar-refractivity contribution in [1.82, 2.24) is 20.6 Å². The largest absolute Gasteiger partial charge is 0.403 e. The summed E-state index contributed by atoms with van der Waals surface area (Å²) in [5.74, 6) is -1.70. The van der Waals surface area contributed by atoms with Crippen LogP contribution in [0.3, 0.4) is 0 Å². The molecule has 0 saturated heterocycles. The molecule has 29 heavy (non-hydrogen) atoms. The van der Waals surface area contributed by atoms with E-state index in [0.29, 0.717) is 0 Å². The van der Waals surface area contributed by atoms with E-state index in [1.165, 1.54) is 30.7 Å². The van der Waals surface area contributed by atoms with E-state index in [-0.39, 0.29) is 40.9 Å². The number of hydrogen-bond acceptors (Lipinski definition) is 7. The van der Waals surface area contributed by atoms with Gasteiger partial charge in [0.25, 0.3) is 11.8 Å². The summed E-state index contributed by atoms with van der Waals surface area (Å²) < 4.78 is 14.6. The van der Waals surface area contributed by atoms with E-state index < -0.39 is 17.6 Å². The van der Waals surface area contributed by atoms with Crippen molar-refractivity contribution in [3.8, 4) is 0 Å². The lowest BCUT2D eigenvalue weighted by Gasteiger charge is -2.08. The predicted molar refractivity (Wildman–Crippen MR) is 105 cm³/mol. The quantitative estimate of drug-likeness (QED) is 0.510. The molecular weight excluding hydrogens is 377 g/mol. The topological polar surface area (TPSA) is 148 Å². The van der Waals surface area contributed by atoms with Gasteiger partial charge in [-0.05, 0) is 18.9 Å². The third-order valence-corrected chi connectivity index (χ3v) is 4.11. The van der Waals surface area contributed by atoms with Crippen LogP contribution in [-0.2, 0) is 6.54 Å². The number of halogens is 1. The number of aromatic nitrogens is 2. The molecule has 0 unspecified atom stereocenters. The number of allylic oxidation sites excluding steroid dienone is 1. The Labute approximate surface area is 166 Å². The van der Waals surface area contributed by atoms with Crippen molar-refractivity contribution < 1.29 is 14.0 Å². The van der Waals surface area contributed by atoms with Crippen molar-refractivity contribution in [2.45, 2.75) is 25.4 Å². The smallest absolute Gasteiger partial charge is 0.278 e. The van der Waals surface area contributed by atoms with E-state index >= 15 is 0 Å². The Bertz CT molecular complexity index is 986. The number of nitrogens with two attached hydrogens (primary N) is 2. The Morgan fingerprint density at radius 3 is 2.69 bits per heavy atom. The van der Waals surface area contributed by atoms with Crippen LogP contribution in [0, 0.1) is 5.82 Å². The number of nitrogens with zero attached hydrogens (tertiary/aromatic N) is 3. The highest BCUT2D eigenvalue weighted by atomic mass is 19.1. The SMILES string of the molecule is N/C=C(\C=NCc1cccc(C(=O)NC2CC2)c1F)NC(=O)c1nccnc1N. The van der Waals surface area contributed by atoms with E-state index in [1.807, 2.05) is 0 Å². The number of nitrogens with one attached hydrogen (secondary N) is 2. The summed E-state index contributed by atoms with van der Waals surface area (Å²) in [6.45, 7) is -0.0448. The molecule has 0 aliphatic heterocycles. The molecule has 10 heteroatoms. The van der Waals surface area contributed by atoms with Gasteiger partial charge >= 0.3 is 0 Å². The maximum absolute atomic E-state index is 14.6. The van der Waals surface area contributed by atoms with E-state index in [4.69, 9.17) is 11.5 Å². The Morgan fingerprint density at radius 1 is 1.24 bits per heavy atom. The number of carbonyl (C=O) groups excluding carboxylic acids is 2. The Balaban J connectivity index is 1.64. The first kappa shape index (κ1) is 19.9. The normalized spacial score (nSPS) is 14.0. The Morgan fingerprint density at radius 2 is 2.00 bits per heavy atom. The fourth-order valence-electron chi connectivity index (χ4n) is 2.44. The summed E-state index contributed by atoms with van der Waals surface area (Å²) in [5, 5.41) is 5.24. The van der Waals surface area contributed by atoms with Gasteiger partial charge in [0.05, 0.1) is 17.8 Å². The summed E-state index contributed by atoms with van der Waals surface area (Å²) in [4.78, 5) is 36.0. The number of rotatable bonds is 7. The fraction of sp³-hybridized carbons (Fsp3) is 0.211. The standard InChI is InChI=1S/C19H20FN7O2/c20-15-11(2-1-3-14(15)18(28)26-12-4-5-12)9-23-10-13(8-21)27-19(29)16-17(22)25-7-6-24-16/h1-3,6-8,10,12H,4-5,9,21H2,(H2,22,25)(H,26,28)(H,27,29)/b13-8+,23-10?. The molecule has 6 N–H and O–H groups in total. The van der Waals surface area contributed by atoms with Crippen LogP contribution in [0.15, 0.2) is 47.5 Å². The lowest BCUT2D eigenvalue weighted by molar-refractivity contribution is 0.0943. The summed E-state index contributed by atoms with van der Waals surface area (Å²) in [6.07, 6.45) is 6.93. The van der Waals surface area contributed by atoms with Crippen molar-refractivity contribution in [3.05, 3.63) is 65.1 Å². The van der Waals surface area contributed by atoms with Gasteiger partial charge in [0, 0.05) is 36.4 Å². The maximum Gasteiger partial charge on any atom is 0.278 e. The monoisotopic (exact) mass is 397 g/mol. The number of anilines is 1. The summed E-state index contributed by atoms with van der Waals surface area (Å²) in [5.41, 5.74) is 11.4. The predicted octanol–water partition coefficient (Wildman–Crippen LogP) is 0.891. The molecule has 2 amide bonds. The first-order valence-corrected chi connectivity index (χ1v) is 8.87. The summed E-state index contributed by atoms with van der Waals surface area (Å²) in [7, 11) is 0. The Kier molecular flexibility index (Phi) is 6.12. The first-order chi connectivity index (χ1) is 14.0. The minimum atomic E-state index is -0.627. The van der Waals surface area contributed by atoms with Gasteiger partial charge in [0.2, 0.25) is 0 Å². The zero-order valence-electron chi connectivity index (χ0n) is 15.4. The van der Waals surface area contributed by atoms with E-state index in [9.17, 15) is 14.0 Å². The van der Waals surface area contributed by atoms with Gasteiger partial charge in [0.15, 0.2) is 11.5 Å². The van der Waals surface area contributed by atoms with Gasteiger partial charge in [-0.2, -0.15) is 0 Å². The van der Waals surface area contributed by atoms with Crippen molar-refractivity contribution >= 4 is 23.8 Å². The van der Waals surface area contributed by atoms with Gasteiger partial charge in [-0.3, -0.25) is 14.6 Å². The molecule has 0 spiro atoms. The summed E-state index contributed by atoms with van der Waals surface area (Å²) in [6, 6.07) is 4.68. The number of carbonyl (C=O) groups is 2. The summed E-state index contributed by atoms with van der Waals surface area (Å²) >= 11 is 0. The van der Waals surface area contributed by atoms with E-state index in [2.05, 4.69) is 25.6 Å². The lowest BCUT2D eigenvalue weighted by atomic mass is 10.1. The highest BCUT2D eigenvalue weighted by Gasteiger charge is 2.25. The average Bonchev–Trinajstić information content (AvgIpc) is 3.52. The zero-order valence-corrected chi connectivity index (χ0v) is 15.4. The molecular formula is C19H20FN7O2. The van der Waals surface area contributed by atoms with Gasteiger partial charge in [-0.15, -0.1) is 0 Å². The van der Waals surface area contributed by atoms with Crippen LogP contribution in [0.2, 0.25) is 0 Å². The molecule has 1 aliphatic carbocycles. The van der Waals surface area contributed by atoms with E-state index in [0.717, 1.165) is 19.0 Å². The van der Waals surface area contributed by atoms with Crippen LogP contribution in [0.5, 0.6) is 0 Å². The molecule has 0 bridgehead atoms. The van der Waals surface area contributed by atoms with Crippen LogP contribution >= 0.6 is 0 Å². The second-order valence-electron chi connectivity index (χ2n) is 6.36. The second-order valence-corrected chi connectivity index (χ2v) is 6.36. The van der Waals surface area contributed by atoms with Crippen molar-refractivity contribution in [2.24, 2.45) is 10.7 Å². The van der Waals surface area contributed by atoms with Crippen molar-refractivity contribution in [1.29, 1.82) is 0 Å². The maximum atomic E-state index is 14.6. The van der Waals surface area contributed by atoms with Gasteiger partial charge in [-0.25, -0.2) is 14.4 Å². The molecule has 1 aliphatic rings. The molecule has 3 rings (SSSR count). The molecule has 1 heterocycles. The van der Waals surface area contributed by atoms with Crippen LogP contribution in [-0.4, -0.2) is 34.0 Å². The van der Waals surface area contributed by atoms with Gasteiger partial charge in [0.1, 0.15) is 5.82 Å². The lowest BCUT2D eigenvalue weighted by Crippen LogP contribution is -2.27. The number of nitrogen functional groups attached to an aromatic ring is 1. The first-order valence-electron chi connectivity index (χ1n) is 8.87. The molecule has 0 atom stereocenters. The van der Waals surface area contributed by atoms with Crippen LogP contribution in [0.4, 0.5) is 10.2 Å². The molecule has 150 valence electrons. The molecule has 1 saturated carbocycles. The molecule has 1 aromatic heterocycles. The highest BCUT2D eigenvalue weighted by molar-refractivity contribution is 6.00. The minimum absolute atomic E-state index is 0.0226. The van der Waals surface area contributed by atoms with Crippen LogP contribution < -0.4 is 22.1 Å². The molecule has 1 aromatic carbocycles.